The summed E-state index contributed by atoms with van der Waals surface area (Å²) in [5, 5.41) is 9.35. The Morgan fingerprint density at radius 3 is 2.94 bits per heavy atom. The Bertz CT molecular complexity index is 1170. The molecule has 31 heavy (non-hydrogen) atoms. The van der Waals surface area contributed by atoms with E-state index in [4.69, 9.17) is 4.74 Å². The molecule has 5 rings (SSSR count). The summed E-state index contributed by atoms with van der Waals surface area (Å²) in [6, 6.07) is 8.38. The van der Waals surface area contributed by atoms with Crippen molar-refractivity contribution in [2.75, 3.05) is 26.2 Å². The van der Waals surface area contributed by atoms with Crippen LogP contribution < -0.4 is 10.1 Å². The Balaban J connectivity index is 1.11. The Morgan fingerprint density at radius 1 is 1.26 bits per heavy atom. The van der Waals surface area contributed by atoms with Crippen molar-refractivity contribution in [2.24, 2.45) is 5.92 Å². The number of thiazole rings is 1. The second-order valence-electron chi connectivity index (χ2n) is 8.01. The molecule has 1 N–H and O–H groups in total. The summed E-state index contributed by atoms with van der Waals surface area (Å²) in [4.78, 5) is 21.0. The van der Waals surface area contributed by atoms with Crippen molar-refractivity contribution < 1.29 is 9.53 Å². The third-order valence-electron chi connectivity index (χ3n) is 5.78. The maximum Gasteiger partial charge on any atom is 0.257 e. The van der Waals surface area contributed by atoms with Crippen molar-refractivity contribution in [3.63, 3.8) is 0 Å². The molecule has 4 aromatic rings. The number of benzene rings is 1. The van der Waals surface area contributed by atoms with Gasteiger partial charge in [-0.3, -0.25) is 9.69 Å². The van der Waals surface area contributed by atoms with Crippen molar-refractivity contribution in [3.05, 3.63) is 44.9 Å². The van der Waals surface area contributed by atoms with Crippen LogP contribution in [0.25, 0.3) is 20.3 Å². The lowest BCUT2D eigenvalue weighted by Gasteiger charge is -2.31. The van der Waals surface area contributed by atoms with Crippen LogP contribution in [0.2, 0.25) is 0 Å². The van der Waals surface area contributed by atoms with Gasteiger partial charge in [-0.25, -0.2) is 4.98 Å². The molecule has 0 radical (unpaired) electrons. The number of rotatable bonds is 7. The molecule has 0 aliphatic carbocycles. The second-order valence-corrected chi connectivity index (χ2v) is 11.2. The summed E-state index contributed by atoms with van der Waals surface area (Å²) in [6.45, 7) is 6.04. The molecule has 1 saturated heterocycles. The van der Waals surface area contributed by atoms with Gasteiger partial charge in [-0.15, -0.1) is 34.0 Å². The highest BCUT2D eigenvalue weighted by Crippen LogP contribution is 2.38. The Hall–Kier alpha value is -2.00. The number of thiophene rings is 2. The zero-order valence-corrected chi connectivity index (χ0v) is 19.9. The average molecular weight is 472 g/mol. The van der Waals surface area contributed by atoms with Gasteiger partial charge in [0.15, 0.2) is 6.61 Å². The fourth-order valence-electron chi connectivity index (χ4n) is 4.13. The average Bonchev–Trinajstić information content (AvgIpc) is 3.51. The number of ether oxygens (including phenoxy) is 1. The van der Waals surface area contributed by atoms with Crippen molar-refractivity contribution in [3.8, 4) is 5.75 Å². The fraction of sp³-hybridized carbons (Fsp3) is 0.391. The molecule has 0 spiro atoms. The molecule has 0 unspecified atom stereocenters. The van der Waals surface area contributed by atoms with E-state index in [0.717, 1.165) is 70.1 Å². The van der Waals surface area contributed by atoms with Gasteiger partial charge in [-0.05, 0) is 61.7 Å². The van der Waals surface area contributed by atoms with Crippen LogP contribution in [0, 0.1) is 12.8 Å². The van der Waals surface area contributed by atoms with Gasteiger partial charge in [-0.2, -0.15) is 0 Å². The molecule has 1 amide bonds. The van der Waals surface area contributed by atoms with Crippen molar-refractivity contribution in [2.45, 2.75) is 26.3 Å². The maximum atomic E-state index is 12.4. The molecule has 0 bridgehead atoms. The molecular weight excluding hydrogens is 446 g/mol. The second kappa shape index (κ2) is 9.24. The Labute approximate surface area is 193 Å². The van der Waals surface area contributed by atoms with Crippen LogP contribution >= 0.6 is 34.0 Å². The van der Waals surface area contributed by atoms with Gasteiger partial charge in [0, 0.05) is 29.4 Å². The molecule has 162 valence electrons. The van der Waals surface area contributed by atoms with E-state index in [0.29, 0.717) is 5.92 Å². The number of nitrogens with zero attached hydrogens (tertiary/aromatic N) is 2. The topological polar surface area (TPSA) is 54.5 Å². The third-order valence-corrected chi connectivity index (χ3v) is 8.48. The fourth-order valence-corrected chi connectivity index (χ4v) is 6.71. The van der Waals surface area contributed by atoms with Crippen LogP contribution in [0.3, 0.4) is 0 Å². The Kier molecular flexibility index (Phi) is 6.22. The SMILES string of the molecule is Cc1nc2c(cc(OCC(=O)NCC3CCN(Cc4cccs4)CC3)c3ccsc32)s1. The van der Waals surface area contributed by atoms with Crippen LogP contribution in [0.1, 0.15) is 22.7 Å². The summed E-state index contributed by atoms with van der Waals surface area (Å²) in [6.07, 6.45) is 2.26. The van der Waals surface area contributed by atoms with Crippen molar-refractivity contribution in [1.82, 2.24) is 15.2 Å². The highest BCUT2D eigenvalue weighted by atomic mass is 32.1. The zero-order valence-electron chi connectivity index (χ0n) is 17.4. The molecule has 5 nitrogen and oxygen atoms in total. The quantitative estimate of drug-likeness (QED) is 0.398. The van der Waals surface area contributed by atoms with Crippen LogP contribution in [-0.4, -0.2) is 42.0 Å². The molecule has 3 aromatic heterocycles. The number of hydrogen-bond donors (Lipinski definition) is 1. The summed E-state index contributed by atoms with van der Waals surface area (Å²) >= 11 is 5.15. The number of amides is 1. The largest absolute Gasteiger partial charge is 0.483 e. The minimum atomic E-state index is -0.0509. The molecule has 0 atom stereocenters. The highest BCUT2D eigenvalue weighted by molar-refractivity contribution is 7.21. The summed E-state index contributed by atoms with van der Waals surface area (Å²) in [5.41, 5.74) is 1.04. The Morgan fingerprint density at radius 2 is 2.13 bits per heavy atom. The first-order chi connectivity index (χ1) is 15.2. The lowest BCUT2D eigenvalue weighted by Crippen LogP contribution is -2.39. The van der Waals surface area contributed by atoms with Crippen LogP contribution in [0.15, 0.2) is 35.0 Å². The van der Waals surface area contributed by atoms with Gasteiger partial charge in [0.05, 0.1) is 19.9 Å². The molecule has 1 aliphatic rings. The van der Waals surface area contributed by atoms with E-state index in [1.54, 1.807) is 22.7 Å². The van der Waals surface area contributed by atoms with Crippen molar-refractivity contribution >= 4 is 60.2 Å². The molecule has 1 aliphatic heterocycles. The zero-order chi connectivity index (χ0) is 21.2. The molecular formula is C23H25N3O2S3. The van der Waals surface area contributed by atoms with Gasteiger partial charge < -0.3 is 10.1 Å². The van der Waals surface area contributed by atoms with Gasteiger partial charge in [-0.1, -0.05) is 6.07 Å². The molecule has 0 saturated carbocycles. The van der Waals surface area contributed by atoms with E-state index < -0.39 is 0 Å². The van der Waals surface area contributed by atoms with Crippen LogP contribution in [0.4, 0.5) is 0 Å². The number of aromatic nitrogens is 1. The lowest BCUT2D eigenvalue weighted by molar-refractivity contribution is -0.123. The van der Waals surface area contributed by atoms with E-state index in [2.05, 4.69) is 38.1 Å². The number of hydrogen-bond acceptors (Lipinski definition) is 7. The number of aryl methyl sites for hydroxylation is 1. The maximum absolute atomic E-state index is 12.4. The number of carbonyl (C=O) groups excluding carboxylic acids is 1. The third kappa shape index (κ3) is 4.77. The van der Waals surface area contributed by atoms with E-state index >= 15 is 0 Å². The van der Waals surface area contributed by atoms with Crippen LogP contribution in [-0.2, 0) is 11.3 Å². The summed E-state index contributed by atoms with van der Waals surface area (Å²) < 4.78 is 8.18. The van der Waals surface area contributed by atoms with E-state index in [9.17, 15) is 4.79 Å². The molecule has 4 heterocycles. The summed E-state index contributed by atoms with van der Waals surface area (Å²) in [5.74, 6) is 1.26. The molecule has 1 fully saturated rings. The van der Waals surface area contributed by atoms with Gasteiger partial charge in [0.2, 0.25) is 0 Å². The van der Waals surface area contributed by atoms with Crippen LogP contribution in [0.5, 0.6) is 5.75 Å². The predicted molar refractivity (Wildman–Crippen MR) is 131 cm³/mol. The number of nitrogens with one attached hydrogen (secondary N) is 1. The van der Waals surface area contributed by atoms with Gasteiger partial charge in [0.25, 0.3) is 5.91 Å². The number of carbonyl (C=O) groups is 1. The molecule has 1 aromatic carbocycles. The molecule has 8 heteroatoms. The standard InChI is InChI=1S/C23H25N3O2S3/c1-15-25-22-20(31-15)11-19(18-6-10-30-23(18)22)28-14-21(27)24-12-16-4-7-26(8-5-16)13-17-3-2-9-29-17/h2-3,6,9-11,16H,4-5,7-8,12-14H2,1H3,(H,24,27). The van der Waals surface area contributed by atoms with Crippen molar-refractivity contribution in [1.29, 1.82) is 0 Å². The smallest absolute Gasteiger partial charge is 0.257 e. The van der Waals surface area contributed by atoms with Gasteiger partial charge in [0.1, 0.15) is 5.75 Å². The van der Waals surface area contributed by atoms with E-state index in [1.165, 1.54) is 4.88 Å². The first-order valence-corrected chi connectivity index (χ1v) is 13.1. The predicted octanol–water partition coefficient (Wildman–Crippen LogP) is 5.29. The summed E-state index contributed by atoms with van der Waals surface area (Å²) in [7, 11) is 0. The van der Waals surface area contributed by atoms with Gasteiger partial charge >= 0.3 is 0 Å². The van der Waals surface area contributed by atoms with E-state index in [1.807, 2.05) is 30.4 Å². The minimum absolute atomic E-state index is 0.0471. The lowest BCUT2D eigenvalue weighted by atomic mass is 9.97. The number of piperidine rings is 1. The first-order valence-electron chi connectivity index (χ1n) is 10.6. The normalized spacial score (nSPS) is 15.6. The van der Waals surface area contributed by atoms with E-state index in [-0.39, 0.29) is 12.5 Å². The minimum Gasteiger partial charge on any atom is -0.483 e. The number of fused-ring (bicyclic) bond motifs is 3. The highest BCUT2D eigenvalue weighted by Gasteiger charge is 2.20. The number of likely N-dealkylation sites (tertiary alicyclic amines) is 1. The first kappa shape index (κ1) is 20.9. The monoisotopic (exact) mass is 471 g/mol.